The number of nitrogens with zero attached hydrogens (tertiary/aromatic N) is 1. The van der Waals surface area contributed by atoms with E-state index < -0.39 is 18.0 Å². The number of carbonyl (C=O) groups excluding carboxylic acids is 1. The summed E-state index contributed by atoms with van der Waals surface area (Å²) in [7, 11) is 0. The Morgan fingerprint density at radius 2 is 2.19 bits per heavy atom. The number of amides is 2. The highest BCUT2D eigenvalue weighted by Crippen LogP contribution is 2.22. The monoisotopic (exact) mass is 299 g/mol. The van der Waals surface area contributed by atoms with Crippen LogP contribution in [0.4, 0.5) is 4.79 Å². The van der Waals surface area contributed by atoms with Gasteiger partial charge in [-0.2, -0.15) is 0 Å². The van der Waals surface area contributed by atoms with Crippen molar-refractivity contribution in [2.75, 3.05) is 26.2 Å². The molecule has 0 aliphatic carbocycles. The molecule has 3 N–H and O–H groups in total. The van der Waals surface area contributed by atoms with E-state index in [0.29, 0.717) is 12.6 Å². The van der Waals surface area contributed by atoms with Crippen molar-refractivity contribution in [3.05, 3.63) is 0 Å². The molecule has 0 saturated carbocycles. The molecule has 2 unspecified atom stereocenters. The molecule has 0 radical (unpaired) electrons. The summed E-state index contributed by atoms with van der Waals surface area (Å²) in [6.07, 6.45) is 2.38. The van der Waals surface area contributed by atoms with Gasteiger partial charge < -0.3 is 20.5 Å². The van der Waals surface area contributed by atoms with Gasteiger partial charge in [-0.25, -0.2) is 9.59 Å². The Morgan fingerprint density at radius 1 is 1.43 bits per heavy atom. The molecule has 2 aliphatic rings. The Morgan fingerprint density at radius 3 is 2.86 bits per heavy atom. The van der Waals surface area contributed by atoms with Crippen LogP contribution in [0.2, 0.25) is 0 Å². The first-order valence-corrected chi connectivity index (χ1v) is 7.60. The molecular formula is C14H25N3O4. The number of morpholine rings is 1. The second-order valence-corrected chi connectivity index (χ2v) is 6.16. The summed E-state index contributed by atoms with van der Waals surface area (Å²) >= 11 is 0. The molecule has 2 saturated heterocycles. The largest absolute Gasteiger partial charge is 0.480 e. The zero-order chi connectivity index (χ0) is 15.4. The van der Waals surface area contributed by atoms with Gasteiger partial charge in [0.1, 0.15) is 6.04 Å². The maximum atomic E-state index is 11.8. The van der Waals surface area contributed by atoms with Gasteiger partial charge in [0.05, 0.1) is 12.7 Å². The number of hydrogen-bond donors (Lipinski definition) is 3. The summed E-state index contributed by atoms with van der Waals surface area (Å²) in [5, 5.41) is 14.2. The molecule has 0 bridgehead atoms. The smallest absolute Gasteiger partial charge is 0.326 e. The number of carboxylic acids is 1. The summed E-state index contributed by atoms with van der Waals surface area (Å²) in [6, 6.07) is -0.795. The van der Waals surface area contributed by atoms with E-state index >= 15 is 0 Å². The Kier molecular flexibility index (Phi) is 5.41. The van der Waals surface area contributed by atoms with E-state index in [4.69, 9.17) is 9.84 Å². The fourth-order valence-electron chi connectivity index (χ4n) is 2.92. The van der Waals surface area contributed by atoms with Crippen LogP contribution in [-0.2, 0) is 9.53 Å². The van der Waals surface area contributed by atoms with Gasteiger partial charge >= 0.3 is 12.0 Å². The van der Waals surface area contributed by atoms with Gasteiger partial charge in [0, 0.05) is 19.1 Å². The number of fused-ring (bicyclic) bond motifs is 1. The van der Waals surface area contributed by atoms with Crippen molar-refractivity contribution in [2.45, 2.75) is 44.9 Å². The van der Waals surface area contributed by atoms with E-state index in [1.807, 2.05) is 0 Å². The summed E-state index contributed by atoms with van der Waals surface area (Å²) in [5.74, 6) is -1.18. The molecule has 0 spiro atoms. The van der Waals surface area contributed by atoms with Crippen LogP contribution in [0.1, 0.15) is 26.7 Å². The van der Waals surface area contributed by atoms with Crippen molar-refractivity contribution in [1.82, 2.24) is 15.5 Å². The number of hydrogen-bond acceptors (Lipinski definition) is 4. The van der Waals surface area contributed by atoms with E-state index in [1.165, 1.54) is 12.8 Å². The summed E-state index contributed by atoms with van der Waals surface area (Å²) in [4.78, 5) is 25.2. The molecule has 2 heterocycles. The molecule has 0 aromatic heterocycles. The van der Waals surface area contributed by atoms with E-state index in [2.05, 4.69) is 15.5 Å². The van der Waals surface area contributed by atoms with Crippen LogP contribution in [0, 0.1) is 5.92 Å². The number of ether oxygens (including phenoxy) is 1. The molecule has 2 rings (SSSR count). The van der Waals surface area contributed by atoms with E-state index in [0.717, 1.165) is 19.7 Å². The Hall–Kier alpha value is -1.34. The molecule has 2 aliphatic heterocycles. The number of urea groups is 1. The number of aliphatic carboxylic acids is 1. The third-order valence-corrected chi connectivity index (χ3v) is 4.17. The minimum absolute atomic E-state index is 0.0209. The third kappa shape index (κ3) is 4.31. The van der Waals surface area contributed by atoms with Crippen molar-refractivity contribution < 1.29 is 19.4 Å². The average molecular weight is 299 g/mol. The highest BCUT2D eigenvalue weighted by Gasteiger charge is 2.32. The maximum absolute atomic E-state index is 11.8. The topological polar surface area (TPSA) is 90.9 Å². The minimum atomic E-state index is -1.02. The lowest BCUT2D eigenvalue weighted by atomic mass is 10.1. The Bertz CT molecular complexity index is 388. The quantitative estimate of drug-likeness (QED) is 0.677. The SMILES string of the molecule is CC(C)[C@H](NC(=O)NCC1CN2CCCC2CO1)C(=O)O. The highest BCUT2D eigenvalue weighted by atomic mass is 16.5. The first-order chi connectivity index (χ1) is 9.97. The fourth-order valence-corrected chi connectivity index (χ4v) is 2.92. The molecule has 7 heteroatoms. The lowest BCUT2D eigenvalue weighted by Crippen LogP contribution is -2.53. The van der Waals surface area contributed by atoms with Gasteiger partial charge in [-0.05, 0) is 25.3 Å². The van der Waals surface area contributed by atoms with Gasteiger partial charge in [0.25, 0.3) is 0 Å². The third-order valence-electron chi connectivity index (χ3n) is 4.17. The Balaban J connectivity index is 1.72. The first-order valence-electron chi connectivity index (χ1n) is 7.60. The average Bonchev–Trinajstić information content (AvgIpc) is 2.89. The molecule has 0 aromatic rings. The molecule has 2 amide bonds. The normalized spacial score (nSPS) is 27.2. The number of carboxylic acid groups (broad SMARTS) is 1. The molecule has 21 heavy (non-hydrogen) atoms. The van der Waals surface area contributed by atoms with Gasteiger partial charge in [-0.3, -0.25) is 4.90 Å². The predicted octanol–water partition coefficient (Wildman–Crippen LogP) is 0.258. The van der Waals surface area contributed by atoms with Crippen LogP contribution in [0.3, 0.4) is 0 Å². The van der Waals surface area contributed by atoms with Crippen LogP contribution < -0.4 is 10.6 Å². The minimum Gasteiger partial charge on any atom is -0.480 e. The molecule has 3 atom stereocenters. The van der Waals surface area contributed by atoms with Crippen LogP contribution in [0.25, 0.3) is 0 Å². The van der Waals surface area contributed by atoms with Gasteiger partial charge in [-0.1, -0.05) is 13.8 Å². The van der Waals surface area contributed by atoms with Crippen molar-refractivity contribution in [3.8, 4) is 0 Å². The number of nitrogens with one attached hydrogen (secondary N) is 2. The van der Waals surface area contributed by atoms with Gasteiger partial charge in [0.15, 0.2) is 0 Å². The van der Waals surface area contributed by atoms with Crippen molar-refractivity contribution in [2.24, 2.45) is 5.92 Å². The van der Waals surface area contributed by atoms with Crippen molar-refractivity contribution >= 4 is 12.0 Å². The Labute approximate surface area is 125 Å². The molecule has 2 fully saturated rings. The van der Waals surface area contributed by atoms with Crippen LogP contribution >= 0.6 is 0 Å². The molecular weight excluding hydrogens is 274 g/mol. The summed E-state index contributed by atoms with van der Waals surface area (Å²) in [5.41, 5.74) is 0. The van der Waals surface area contributed by atoms with E-state index in [-0.39, 0.29) is 12.0 Å². The zero-order valence-electron chi connectivity index (χ0n) is 12.7. The second kappa shape index (κ2) is 7.09. The lowest BCUT2D eigenvalue weighted by Gasteiger charge is -2.35. The summed E-state index contributed by atoms with van der Waals surface area (Å²) in [6.45, 7) is 6.58. The van der Waals surface area contributed by atoms with Gasteiger partial charge in [0.2, 0.25) is 0 Å². The van der Waals surface area contributed by atoms with Crippen LogP contribution in [0.15, 0.2) is 0 Å². The number of rotatable bonds is 5. The van der Waals surface area contributed by atoms with E-state index in [1.54, 1.807) is 13.8 Å². The van der Waals surface area contributed by atoms with E-state index in [9.17, 15) is 9.59 Å². The number of carbonyl (C=O) groups is 2. The van der Waals surface area contributed by atoms with Crippen LogP contribution in [-0.4, -0.2) is 66.4 Å². The van der Waals surface area contributed by atoms with Gasteiger partial charge in [-0.15, -0.1) is 0 Å². The molecule has 0 aromatic carbocycles. The predicted molar refractivity (Wildman–Crippen MR) is 77.1 cm³/mol. The van der Waals surface area contributed by atoms with Crippen molar-refractivity contribution in [1.29, 1.82) is 0 Å². The highest BCUT2D eigenvalue weighted by molar-refractivity contribution is 5.82. The zero-order valence-corrected chi connectivity index (χ0v) is 12.7. The molecule has 120 valence electrons. The van der Waals surface area contributed by atoms with Crippen molar-refractivity contribution in [3.63, 3.8) is 0 Å². The van der Waals surface area contributed by atoms with Crippen LogP contribution in [0.5, 0.6) is 0 Å². The second-order valence-electron chi connectivity index (χ2n) is 6.16. The standard InChI is InChI=1S/C14H25N3O4/c1-9(2)12(13(18)19)16-14(20)15-6-11-7-17-5-3-4-10(17)8-21-11/h9-12H,3-8H2,1-2H3,(H,18,19)(H2,15,16,20)/t10?,11?,12-/m0/s1. The molecule has 7 nitrogen and oxygen atoms in total. The summed E-state index contributed by atoms with van der Waals surface area (Å²) < 4.78 is 5.74. The fraction of sp³-hybridized carbons (Fsp3) is 0.857. The first kappa shape index (κ1) is 16.0. The lowest BCUT2D eigenvalue weighted by molar-refractivity contribution is -0.140. The maximum Gasteiger partial charge on any atom is 0.326 e.